The van der Waals surface area contributed by atoms with E-state index < -0.39 is 0 Å². The number of aromatic nitrogens is 1. The zero-order valence-electron chi connectivity index (χ0n) is 12.8. The smallest absolute Gasteiger partial charge is 0.0413 e. The Morgan fingerprint density at radius 3 is 2.42 bits per heavy atom. The molecule has 1 N–H and O–H groups in total. The quantitative estimate of drug-likeness (QED) is 0.836. The Morgan fingerprint density at radius 2 is 1.95 bits per heavy atom. The van der Waals surface area contributed by atoms with E-state index in [9.17, 15) is 0 Å². The fourth-order valence-corrected chi connectivity index (χ4v) is 2.41. The number of nitrogens with one attached hydrogen (secondary N) is 1. The largest absolute Gasteiger partial charge is 0.312 e. The molecule has 0 aliphatic heterocycles. The summed E-state index contributed by atoms with van der Waals surface area (Å²) in [6, 6.07) is 4.19. The Labute approximate surface area is 126 Å². The molecule has 0 saturated heterocycles. The Bertz CT molecular complexity index is 365. The third-order valence-electron chi connectivity index (χ3n) is 3.01. The molecule has 0 saturated carbocycles. The van der Waals surface area contributed by atoms with Crippen molar-refractivity contribution in [2.75, 3.05) is 6.54 Å². The second-order valence-electron chi connectivity index (χ2n) is 6.80. The van der Waals surface area contributed by atoms with Gasteiger partial charge in [0.05, 0.1) is 0 Å². The molecule has 0 amide bonds. The third-order valence-corrected chi connectivity index (χ3v) is 3.48. The van der Waals surface area contributed by atoms with E-state index in [0.29, 0.717) is 5.92 Å². The van der Waals surface area contributed by atoms with Crippen molar-refractivity contribution in [2.24, 2.45) is 11.8 Å². The van der Waals surface area contributed by atoms with E-state index in [0.717, 1.165) is 23.4 Å². The van der Waals surface area contributed by atoms with E-state index >= 15 is 0 Å². The molecular formula is C16H27BrN2. The van der Waals surface area contributed by atoms with E-state index in [1.54, 1.807) is 0 Å². The number of rotatable bonds is 6. The zero-order valence-corrected chi connectivity index (χ0v) is 14.4. The summed E-state index contributed by atoms with van der Waals surface area (Å²) >= 11 is 3.43. The van der Waals surface area contributed by atoms with Crippen LogP contribution in [0.3, 0.4) is 0 Å². The lowest BCUT2D eigenvalue weighted by atomic mass is 9.91. The molecule has 19 heavy (non-hydrogen) atoms. The van der Waals surface area contributed by atoms with Gasteiger partial charge in [-0.3, -0.25) is 4.98 Å². The number of pyridine rings is 1. The fraction of sp³-hybridized carbons (Fsp3) is 0.688. The Morgan fingerprint density at radius 1 is 1.26 bits per heavy atom. The summed E-state index contributed by atoms with van der Waals surface area (Å²) < 4.78 is 1.05. The van der Waals surface area contributed by atoms with Crippen LogP contribution in [0.25, 0.3) is 0 Å². The van der Waals surface area contributed by atoms with Crippen LogP contribution >= 0.6 is 15.9 Å². The van der Waals surface area contributed by atoms with Gasteiger partial charge in [0.25, 0.3) is 0 Å². The molecule has 1 unspecified atom stereocenters. The van der Waals surface area contributed by atoms with Gasteiger partial charge in [-0.2, -0.15) is 0 Å². The van der Waals surface area contributed by atoms with Crippen LogP contribution < -0.4 is 5.32 Å². The van der Waals surface area contributed by atoms with E-state index in [1.807, 2.05) is 6.20 Å². The predicted molar refractivity (Wildman–Crippen MR) is 86.3 cm³/mol. The highest BCUT2D eigenvalue weighted by Gasteiger charge is 2.16. The third kappa shape index (κ3) is 7.68. The SMILES string of the molecule is CC(C)CC(CNC(C)(C)C)Cc1ccc(Br)cn1. The highest BCUT2D eigenvalue weighted by atomic mass is 79.9. The van der Waals surface area contributed by atoms with Crippen molar-refractivity contribution in [1.29, 1.82) is 0 Å². The highest BCUT2D eigenvalue weighted by molar-refractivity contribution is 9.10. The van der Waals surface area contributed by atoms with Crippen LogP contribution in [-0.2, 0) is 6.42 Å². The lowest BCUT2D eigenvalue weighted by molar-refractivity contribution is 0.330. The second-order valence-corrected chi connectivity index (χ2v) is 7.71. The highest BCUT2D eigenvalue weighted by Crippen LogP contribution is 2.18. The first-order chi connectivity index (χ1) is 8.76. The maximum absolute atomic E-state index is 4.50. The Hall–Kier alpha value is -0.410. The van der Waals surface area contributed by atoms with Crippen LogP contribution in [0.4, 0.5) is 0 Å². The molecule has 1 aromatic heterocycles. The fourth-order valence-electron chi connectivity index (χ4n) is 2.18. The number of hydrogen-bond acceptors (Lipinski definition) is 2. The Balaban J connectivity index is 2.60. The first-order valence-corrected chi connectivity index (χ1v) is 7.91. The van der Waals surface area contributed by atoms with Crippen molar-refractivity contribution in [3.8, 4) is 0 Å². The van der Waals surface area contributed by atoms with E-state index in [4.69, 9.17) is 0 Å². The minimum atomic E-state index is 0.183. The van der Waals surface area contributed by atoms with Gasteiger partial charge in [-0.1, -0.05) is 13.8 Å². The normalized spacial score (nSPS) is 13.8. The number of halogens is 1. The van der Waals surface area contributed by atoms with Gasteiger partial charge in [-0.15, -0.1) is 0 Å². The van der Waals surface area contributed by atoms with Crippen LogP contribution in [0.15, 0.2) is 22.8 Å². The summed E-state index contributed by atoms with van der Waals surface area (Å²) in [4.78, 5) is 4.50. The molecule has 0 fully saturated rings. The topological polar surface area (TPSA) is 24.9 Å². The van der Waals surface area contributed by atoms with Gasteiger partial charge < -0.3 is 5.32 Å². The monoisotopic (exact) mass is 326 g/mol. The van der Waals surface area contributed by atoms with E-state index in [1.165, 1.54) is 12.1 Å². The van der Waals surface area contributed by atoms with Crippen molar-refractivity contribution < 1.29 is 0 Å². The van der Waals surface area contributed by atoms with Gasteiger partial charge in [0.1, 0.15) is 0 Å². The molecule has 1 rings (SSSR count). The second kappa shape index (κ2) is 7.39. The molecule has 1 atom stereocenters. The predicted octanol–water partition coefficient (Wildman–Crippen LogP) is 4.44. The van der Waals surface area contributed by atoms with Crippen LogP contribution in [0.5, 0.6) is 0 Å². The molecule has 0 spiro atoms. The lowest BCUT2D eigenvalue weighted by Gasteiger charge is -2.26. The number of nitrogens with zero attached hydrogens (tertiary/aromatic N) is 1. The molecule has 0 bridgehead atoms. The van der Waals surface area contributed by atoms with Gasteiger partial charge in [-0.25, -0.2) is 0 Å². The average Bonchev–Trinajstić information content (AvgIpc) is 2.27. The van der Waals surface area contributed by atoms with Gasteiger partial charge in [0.2, 0.25) is 0 Å². The van der Waals surface area contributed by atoms with Gasteiger partial charge in [-0.05, 0) is 80.1 Å². The molecule has 1 heterocycles. The van der Waals surface area contributed by atoms with Crippen molar-refractivity contribution in [3.05, 3.63) is 28.5 Å². The average molecular weight is 327 g/mol. The zero-order chi connectivity index (χ0) is 14.5. The summed E-state index contributed by atoms with van der Waals surface area (Å²) in [5.74, 6) is 1.37. The van der Waals surface area contributed by atoms with Crippen LogP contribution in [0, 0.1) is 11.8 Å². The molecule has 2 nitrogen and oxygen atoms in total. The maximum Gasteiger partial charge on any atom is 0.0413 e. The van der Waals surface area contributed by atoms with Crippen molar-refractivity contribution >= 4 is 15.9 Å². The molecule has 0 aliphatic carbocycles. The van der Waals surface area contributed by atoms with Crippen LogP contribution in [-0.4, -0.2) is 17.1 Å². The minimum absolute atomic E-state index is 0.183. The molecule has 3 heteroatoms. The molecular weight excluding hydrogens is 300 g/mol. The minimum Gasteiger partial charge on any atom is -0.312 e. The molecule has 0 aliphatic rings. The lowest BCUT2D eigenvalue weighted by Crippen LogP contribution is -2.39. The maximum atomic E-state index is 4.50. The summed E-state index contributed by atoms with van der Waals surface area (Å²) in [5, 5.41) is 3.62. The van der Waals surface area contributed by atoms with E-state index in [2.05, 4.69) is 73.0 Å². The standard InChI is InChI=1S/C16H27BrN2/c1-12(2)8-13(10-19-16(3,4)5)9-15-7-6-14(17)11-18-15/h6-7,11-13,19H,8-10H2,1-5H3. The van der Waals surface area contributed by atoms with E-state index in [-0.39, 0.29) is 5.54 Å². The summed E-state index contributed by atoms with van der Waals surface area (Å²) in [6.45, 7) is 12.3. The van der Waals surface area contributed by atoms with Crippen LogP contribution in [0.1, 0.15) is 46.7 Å². The van der Waals surface area contributed by atoms with Crippen LogP contribution in [0.2, 0.25) is 0 Å². The van der Waals surface area contributed by atoms with Gasteiger partial charge >= 0.3 is 0 Å². The summed E-state index contributed by atoms with van der Waals surface area (Å²) in [5.41, 5.74) is 1.37. The van der Waals surface area contributed by atoms with Gasteiger partial charge in [0.15, 0.2) is 0 Å². The van der Waals surface area contributed by atoms with Crippen molar-refractivity contribution in [2.45, 2.75) is 53.0 Å². The summed E-state index contributed by atoms with van der Waals surface area (Å²) in [7, 11) is 0. The summed E-state index contributed by atoms with van der Waals surface area (Å²) in [6.07, 6.45) is 4.17. The van der Waals surface area contributed by atoms with Crippen molar-refractivity contribution in [1.82, 2.24) is 10.3 Å². The first kappa shape index (κ1) is 16.6. The molecule has 0 aromatic carbocycles. The molecule has 108 valence electrons. The first-order valence-electron chi connectivity index (χ1n) is 7.11. The van der Waals surface area contributed by atoms with Crippen molar-refractivity contribution in [3.63, 3.8) is 0 Å². The molecule has 0 radical (unpaired) electrons. The molecule has 1 aromatic rings. The number of hydrogen-bond donors (Lipinski definition) is 1. The van der Waals surface area contributed by atoms with Gasteiger partial charge in [0, 0.05) is 21.9 Å². The Kier molecular flexibility index (Phi) is 6.48.